The van der Waals surface area contributed by atoms with Gasteiger partial charge in [0.05, 0.1) is 4.90 Å². The molecule has 0 spiro atoms. The Kier molecular flexibility index (Phi) is 4.94. The van der Waals surface area contributed by atoms with Crippen LogP contribution < -0.4 is 10.0 Å². The van der Waals surface area contributed by atoms with E-state index in [1.54, 1.807) is 6.07 Å². The molecule has 0 radical (unpaired) electrons. The Balaban J connectivity index is 2.93. The van der Waals surface area contributed by atoms with Gasteiger partial charge in [0.15, 0.2) is 0 Å². The van der Waals surface area contributed by atoms with Crippen molar-refractivity contribution >= 4 is 21.4 Å². The molecule has 18 heavy (non-hydrogen) atoms. The van der Waals surface area contributed by atoms with E-state index >= 15 is 0 Å². The van der Waals surface area contributed by atoms with E-state index < -0.39 is 15.6 Å². The fourth-order valence-electron chi connectivity index (χ4n) is 1.45. The average molecular weight is 290 g/mol. The smallest absolute Gasteiger partial charge is 0.242 e. The van der Waals surface area contributed by atoms with Crippen LogP contribution in [-0.4, -0.2) is 20.0 Å². The second-order valence-corrected chi connectivity index (χ2v) is 8.25. The molecule has 4 nitrogen and oxygen atoms in total. The van der Waals surface area contributed by atoms with Crippen LogP contribution in [0.3, 0.4) is 0 Å². The molecule has 0 amide bonds. The van der Waals surface area contributed by atoms with Crippen molar-refractivity contribution in [2.24, 2.45) is 0 Å². The van der Waals surface area contributed by atoms with Gasteiger partial charge in [-0.2, -0.15) is 0 Å². The maximum atomic E-state index is 12.2. The lowest BCUT2D eigenvalue weighted by atomic mass is 10.1. The molecule has 0 atom stereocenters. The molecular weight excluding hydrogens is 268 g/mol. The van der Waals surface area contributed by atoms with Crippen molar-refractivity contribution in [2.45, 2.75) is 57.6 Å². The van der Waals surface area contributed by atoms with E-state index in [2.05, 4.69) is 10.0 Å². The summed E-state index contributed by atoms with van der Waals surface area (Å²) in [4.78, 5) is 1.23. The summed E-state index contributed by atoms with van der Waals surface area (Å²) in [5, 5.41) is 5.06. The molecule has 6 heteroatoms. The van der Waals surface area contributed by atoms with Gasteiger partial charge in [-0.15, -0.1) is 11.3 Å². The Morgan fingerprint density at radius 1 is 1.33 bits per heavy atom. The molecule has 0 aromatic carbocycles. The Hall–Kier alpha value is -0.430. The molecule has 0 fully saturated rings. The Bertz CT molecular complexity index is 484. The normalized spacial score (nSPS) is 13.2. The highest BCUT2D eigenvalue weighted by Crippen LogP contribution is 2.23. The monoisotopic (exact) mass is 290 g/mol. The van der Waals surface area contributed by atoms with Crippen LogP contribution >= 0.6 is 11.3 Å². The minimum absolute atomic E-state index is 0.332. The van der Waals surface area contributed by atoms with E-state index in [-0.39, 0.29) is 0 Å². The largest absolute Gasteiger partial charge is 0.310 e. The molecule has 0 bridgehead atoms. The molecule has 1 aromatic rings. The van der Waals surface area contributed by atoms with Gasteiger partial charge in [-0.05, 0) is 32.2 Å². The lowest BCUT2D eigenvalue weighted by molar-refractivity contribution is 0.490. The second kappa shape index (κ2) is 5.69. The van der Waals surface area contributed by atoms with Crippen molar-refractivity contribution in [3.63, 3.8) is 0 Å². The molecule has 104 valence electrons. The van der Waals surface area contributed by atoms with Crippen molar-refractivity contribution < 1.29 is 8.42 Å². The minimum atomic E-state index is -3.43. The van der Waals surface area contributed by atoms with Crippen molar-refractivity contribution in [3.05, 3.63) is 16.3 Å². The molecule has 1 aromatic heterocycles. The number of rotatable bonds is 5. The minimum Gasteiger partial charge on any atom is -0.310 e. The zero-order valence-electron chi connectivity index (χ0n) is 11.6. The SMILES string of the molecule is CC(C)NCc1sccc1S(=O)(=O)NC(C)(C)C. The van der Waals surface area contributed by atoms with Crippen LogP contribution in [0.4, 0.5) is 0 Å². The van der Waals surface area contributed by atoms with Gasteiger partial charge < -0.3 is 5.32 Å². The van der Waals surface area contributed by atoms with E-state index in [4.69, 9.17) is 0 Å². The molecule has 2 N–H and O–H groups in total. The van der Waals surface area contributed by atoms with Gasteiger partial charge in [0, 0.05) is 23.0 Å². The highest BCUT2D eigenvalue weighted by atomic mass is 32.2. The molecule has 1 rings (SSSR count). The number of nitrogens with one attached hydrogen (secondary N) is 2. The molecule has 0 unspecified atom stereocenters. The molecular formula is C12H22N2O2S2. The predicted molar refractivity (Wildman–Crippen MR) is 76.4 cm³/mol. The average Bonchev–Trinajstić information content (AvgIpc) is 2.58. The van der Waals surface area contributed by atoms with Crippen LogP contribution in [0.5, 0.6) is 0 Å². The molecule has 0 aliphatic carbocycles. The summed E-state index contributed by atoms with van der Waals surface area (Å²) in [5.74, 6) is 0. The number of thiophene rings is 1. The van der Waals surface area contributed by atoms with Crippen LogP contribution in [0.15, 0.2) is 16.3 Å². The van der Waals surface area contributed by atoms with Gasteiger partial charge in [-0.25, -0.2) is 13.1 Å². The van der Waals surface area contributed by atoms with E-state index in [0.29, 0.717) is 17.5 Å². The Labute approximate surface area is 114 Å². The summed E-state index contributed by atoms with van der Waals surface area (Å²) in [7, 11) is -3.43. The summed E-state index contributed by atoms with van der Waals surface area (Å²) >= 11 is 1.46. The first kappa shape index (κ1) is 15.6. The molecule has 0 saturated heterocycles. The Morgan fingerprint density at radius 3 is 2.44 bits per heavy atom. The third kappa shape index (κ3) is 4.68. The fraction of sp³-hybridized carbons (Fsp3) is 0.667. The molecule has 0 saturated carbocycles. The van der Waals surface area contributed by atoms with Gasteiger partial charge in [-0.1, -0.05) is 13.8 Å². The zero-order valence-corrected chi connectivity index (χ0v) is 13.2. The predicted octanol–water partition coefficient (Wildman–Crippen LogP) is 2.32. The maximum Gasteiger partial charge on any atom is 0.242 e. The molecule has 0 aliphatic rings. The van der Waals surface area contributed by atoms with Crippen LogP contribution in [0.25, 0.3) is 0 Å². The lowest BCUT2D eigenvalue weighted by Crippen LogP contribution is -2.40. The first-order valence-corrected chi connectivity index (χ1v) is 8.32. The van der Waals surface area contributed by atoms with E-state index in [0.717, 1.165) is 4.88 Å². The summed E-state index contributed by atoms with van der Waals surface area (Å²) < 4.78 is 27.2. The number of hydrogen-bond acceptors (Lipinski definition) is 4. The van der Waals surface area contributed by atoms with Crippen LogP contribution in [-0.2, 0) is 16.6 Å². The maximum absolute atomic E-state index is 12.2. The molecule has 0 aliphatic heterocycles. The summed E-state index contributed by atoms with van der Waals surface area (Å²) in [6.07, 6.45) is 0. The van der Waals surface area contributed by atoms with Gasteiger partial charge in [-0.3, -0.25) is 0 Å². The summed E-state index contributed by atoms with van der Waals surface area (Å²) in [5.41, 5.74) is -0.469. The summed E-state index contributed by atoms with van der Waals surface area (Å²) in [6, 6.07) is 1.99. The number of hydrogen-bond donors (Lipinski definition) is 2. The van der Waals surface area contributed by atoms with Gasteiger partial charge in [0.1, 0.15) is 0 Å². The van der Waals surface area contributed by atoms with Crippen LogP contribution in [0.2, 0.25) is 0 Å². The van der Waals surface area contributed by atoms with E-state index in [9.17, 15) is 8.42 Å². The highest BCUT2D eigenvalue weighted by Gasteiger charge is 2.25. The van der Waals surface area contributed by atoms with Crippen LogP contribution in [0.1, 0.15) is 39.5 Å². The Morgan fingerprint density at radius 2 is 1.94 bits per heavy atom. The lowest BCUT2D eigenvalue weighted by Gasteiger charge is -2.20. The van der Waals surface area contributed by atoms with E-state index in [1.165, 1.54) is 11.3 Å². The van der Waals surface area contributed by atoms with Crippen molar-refractivity contribution in [1.82, 2.24) is 10.0 Å². The fourth-order valence-corrected chi connectivity index (χ4v) is 4.27. The first-order chi connectivity index (χ1) is 8.12. The van der Waals surface area contributed by atoms with Gasteiger partial charge >= 0.3 is 0 Å². The topological polar surface area (TPSA) is 58.2 Å². The molecule has 1 heterocycles. The zero-order chi connectivity index (χ0) is 14.0. The van der Waals surface area contributed by atoms with E-state index in [1.807, 2.05) is 40.0 Å². The standard InChI is InChI=1S/C12H22N2O2S2/c1-9(2)13-8-10-11(6-7-17-10)18(15,16)14-12(3,4)5/h6-7,9,13-14H,8H2,1-5H3. The van der Waals surface area contributed by atoms with Crippen molar-refractivity contribution in [1.29, 1.82) is 0 Å². The van der Waals surface area contributed by atoms with Crippen molar-refractivity contribution in [3.8, 4) is 0 Å². The third-order valence-corrected chi connectivity index (χ3v) is 5.00. The highest BCUT2D eigenvalue weighted by molar-refractivity contribution is 7.89. The van der Waals surface area contributed by atoms with Gasteiger partial charge in [0.2, 0.25) is 10.0 Å². The second-order valence-electron chi connectivity index (χ2n) is 5.60. The first-order valence-electron chi connectivity index (χ1n) is 5.95. The van der Waals surface area contributed by atoms with Crippen LogP contribution in [0, 0.1) is 0 Å². The quantitative estimate of drug-likeness (QED) is 0.875. The summed E-state index contributed by atoms with van der Waals surface area (Å²) in [6.45, 7) is 10.2. The number of sulfonamides is 1. The van der Waals surface area contributed by atoms with Gasteiger partial charge in [0.25, 0.3) is 0 Å². The third-order valence-electron chi connectivity index (χ3n) is 2.11. The van der Waals surface area contributed by atoms with Crippen molar-refractivity contribution in [2.75, 3.05) is 0 Å².